The fourth-order valence-electron chi connectivity index (χ4n) is 3.50. The summed E-state index contributed by atoms with van der Waals surface area (Å²) in [6.45, 7) is 3.33. The molecular weight excluding hydrogens is 387 g/mol. The maximum atomic E-state index is 13.5. The van der Waals surface area contributed by atoms with Crippen LogP contribution in [0, 0.1) is 5.82 Å². The molecule has 1 amide bonds. The highest BCUT2D eigenvalue weighted by Crippen LogP contribution is 2.20. The molecule has 8 heteroatoms. The molecule has 0 saturated carbocycles. The minimum Gasteiger partial charge on any atom is -0.481 e. The zero-order valence-corrected chi connectivity index (χ0v) is 17.0. The number of amides is 1. The lowest BCUT2D eigenvalue weighted by atomic mass is 10.0. The quantitative estimate of drug-likeness (QED) is 0.503. The van der Waals surface area contributed by atoms with Gasteiger partial charge in [0.1, 0.15) is 11.6 Å². The topological polar surface area (TPSA) is 103 Å². The van der Waals surface area contributed by atoms with Crippen molar-refractivity contribution in [1.82, 2.24) is 15.6 Å². The SMILES string of the molecule is CC(CC(=O)NC(CC(=O)O)c1cccc(F)c1)NCc1ccc2c(n1)NCCC2. The second kappa shape index (κ2) is 10.2. The van der Waals surface area contributed by atoms with Crippen molar-refractivity contribution in [2.75, 3.05) is 11.9 Å². The standard InChI is InChI=1S/C22H27FN4O3/c1-14(25-13-18-8-7-15-5-3-9-24-22(15)26-18)10-20(28)27-19(12-21(29)30)16-4-2-6-17(23)11-16/h2,4,6-8,11,14,19,25H,3,5,9-10,12-13H2,1H3,(H,24,26)(H,27,28)(H,29,30). The Morgan fingerprint density at radius 1 is 1.27 bits per heavy atom. The summed E-state index contributed by atoms with van der Waals surface area (Å²) in [7, 11) is 0. The van der Waals surface area contributed by atoms with Gasteiger partial charge >= 0.3 is 5.97 Å². The lowest BCUT2D eigenvalue weighted by Crippen LogP contribution is -2.36. The minimum absolute atomic E-state index is 0.145. The number of nitrogens with zero attached hydrogens (tertiary/aromatic N) is 1. The second-order valence-corrected chi connectivity index (χ2v) is 7.60. The molecular formula is C22H27FN4O3. The fourth-order valence-corrected chi connectivity index (χ4v) is 3.50. The molecule has 2 unspecified atom stereocenters. The number of hydrogen-bond donors (Lipinski definition) is 4. The van der Waals surface area contributed by atoms with E-state index in [0.29, 0.717) is 12.1 Å². The second-order valence-electron chi connectivity index (χ2n) is 7.60. The first kappa shape index (κ1) is 21.7. The van der Waals surface area contributed by atoms with Gasteiger partial charge in [0, 0.05) is 25.6 Å². The first-order valence-electron chi connectivity index (χ1n) is 10.1. The molecule has 1 aromatic heterocycles. The van der Waals surface area contributed by atoms with E-state index in [1.165, 1.54) is 23.8 Å². The number of carbonyl (C=O) groups excluding carboxylic acids is 1. The number of pyridine rings is 1. The molecule has 160 valence electrons. The summed E-state index contributed by atoms with van der Waals surface area (Å²) >= 11 is 0. The maximum Gasteiger partial charge on any atom is 0.305 e. The average Bonchev–Trinajstić information content (AvgIpc) is 2.71. The van der Waals surface area contributed by atoms with Crippen LogP contribution in [0.1, 0.15) is 49.0 Å². The van der Waals surface area contributed by atoms with Gasteiger partial charge in [-0.1, -0.05) is 18.2 Å². The van der Waals surface area contributed by atoms with Crippen molar-refractivity contribution in [1.29, 1.82) is 0 Å². The van der Waals surface area contributed by atoms with Crippen LogP contribution in [0.4, 0.5) is 10.2 Å². The van der Waals surface area contributed by atoms with Crippen LogP contribution < -0.4 is 16.0 Å². The average molecular weight is 414 g/mol. The first-order chi connectivity index (χ1) is 14.4. The van der Waals surface area contributed by atoms with Crippen molar-refractivity contribution in [3.63, 3.8) is 0 Å². The number of nitrogens with one attached hydrogen (secondary N) is 3. The molecule has 2 aromatic rings. The minimum atomic E-state index is -1.07. The van der Waals surface area contributed by atoms with E-state index in [9.17, 15) is 14.0 Å². The summed E-state index contributed by atoms with van der Waals surface area (Å²) in [5.74, 6) is -0.912. The van der Waals surface area contributed by atoms with Crippen LogP contribution in [0.2, 0.25) is 0 Å². The van der Waals surface area contributed by atoms with E-state index in [2.05, 4.69) is 27.0 Å². The van der Waals surface area contributed by atoms with Crippen molar-refractivity contribution in [3.05, 3.63) is 59.0 Å². The Hall–Kier alpha value is -3.00. The Morgan fingerprint density at radius 3 is 2.87 bits per heavy atom. The number of aliphatic carboxylic acids is 1. The van der Waals surface area contributed by atoms with Gasteiger partial charge in [0.25, 0.3) is 0 Å². The number of carboxylic acid groups (broad SMARTS) is 1. The fraction of sp³-hybridized carbons (Fsp3) is 0.409. The molecule has 0 fully saturated rings. The predicted octanol–water partition coefficient (Wildman–Crippen LogP) is 2.78. The van der Waals surface area contributed by atoms with E-state index in [1.54, 1.807) is 6.07 Å². The molecule has 30 heavy (non-hydrogen) atoms. The van der Waals surface area contributed by atoms with Gasteiger partial charge in [-0.05, 0) is 49.1 Å². The zero-order chi connectivity index (χ0) is 21.5. The van der Waals surface area contributed by atoms with Gasteiger partial charge in [-0.3, -0.25) is 9.59 Å². The van der Waals surface area contributed by atoms with Gasteiger partial charge in [0.2, 0.25) is 5.91 Å². The molecule has 4 N–H and O–H groups in total. The summed E-state index contributed by atoms with van der Waals surface area (Å²) in [5.41, 5.74) is 2.54. The maximum absolute atomic E-state index is 13.5. The highest BCUT2D eigenvalue weighted by atomic mass is 19.1. The van der Waals surface area contributed by atoms with Crippen LogP contribution >= 0.6 is 0 Å². The predicted molar refractivity (Wildman–Crippen MR) is 112 cm³/mol. The molecule has 2 atom stereocenters. The molecule has 0 bridgehead atoms. The molecule has 7 nitrogen and oxygen atoms in total. The number of rotatable bonds is 9. The Bertz CT molecular complexity index is 906. The Balaban J connectivity index is 1.53. The van der Waals surface area contributed by atoms with Gasteiger partial charge in [0.05, 0.1) is 18.2 Å². The number of anilines is 1. The summed E-state index contributed by atoms with van der Waals surface area (Å²) in [6.07, 6.45) is 1.98. The highest BCUT2D eigenvalue weighted by molar-refractivity contribution is 5.78. The zero-order valence-electron chi connectivity index (χ0n) is 17.0. The third-order valence-electron chi connectivity index (χ3n) is 5.04. The number of carbonyl (C=O) groups is 2. The normalized spacial score (nSPS) is 14.9. The molecule has 3 rings (SSSR count). The van der Waals surface area contributed by atoms with Gasteiger partial charge in [-0.2, -0.15) is 0 Å². The number of carboxylic acids is 1. The first-order valence-corrected chi connectivity index (χ1v) is 10.1. The molecule has 1 aliphatic rings. The van der Waals surface area contributed by atoms with E-state index in [4.69, 9.17) is 5.11 Å². The van der Waals surface area contributed by atoms with Crippen molar-refractivity contribution in [2.24, 2.45) is 0 Å². The number of benzene rings is 1. The molecule has 2 heterocycles. The number of fused-ring (bicyclic) bond motifs is 1. The lowest BCUT2D eigenvalue weighted by molar-refractivity contribution is -0.137. The van der Waals surface area contributed by atoms with E-state index in [1.807, 2.05) is 13.0 Å². The van der Waals surface area contributed by atoms with E-state index in [-0.39, 0.29) is 24.8 Å². The summed E-state index contributed by atoms with van der Waals surface area (Å²) in [6, 6.07) is 8.76. The molecule has 0 aliphatic carbocycles. The van der Waals surface area contributed by atoms with E-state index < -0.39 is 17.8 Å². The summed E-state index contributed by atoms with van der Waals surface area (Å²) in [5, 5.41) is 18.4. The van der Waals surface area contributed by atoms with Crippen LogP contribution in [0.3, 0.4) is 0 Å². The van der Waals surface area contributed by atoms with Crippen LogP contribution in [0.25, 0.3) is 0 Å². The molecule has 1 aliphatic heterocycles. The van der Waals surface area contributed by atoms with Gasteiger partial charge in [-0.25, -0.2) is 9.37 Å². The number of halogens is 1. The van der Waals surface area contributed by atoms with E-state index >= 15 is 0 Å². The number of aromatic nitrogens is 1. The summed E-state index contributed by atoms with van der Waals surface area (Å²) in [4.78, 5) is 28.2. The third-order valence-corrected chi connectivity index (χ3v) is 5.04. The smallest absolute Gasteiger partial charge is 0.305 e. The van der Waals surface area contributed by atoms with Gasteiger partial charge in [0.15, 0.2) is 0 Å². The Morgan fingerprint density at radius 2 is 2.10 bits per heavy atom. The van der Waals surface area contributed by atoms with Crippen molar-refractivity contribution >= 4 is 17.7 Å². The molecule has 0 spiro atoms. The van der Waals surface area contributed by atoms with Crippen LogP contribution in [-0.4, -0.2) is 34.6 Å². The monoisotopic (exact) mass is 414 g/mol. The van der Waals surface area contributed by atoms with Gasteiger partial charge < -0.3 is 21.1 Å². The largest absolute Gasteiger partial charge is 0.481 e. The Labute approximate surface area is 175 Å². The third kappa shape index (κ3) is 6.25. The lowest BCUT2D eigenvalue weighted by Gasteiger charge is -2.20. The van der Waals surface area contributed by atoms with Crippen LogP contribution in [0.15, 0.2) is 36.4 Å². The highest BCUT2D eigenvalue weighted by Gasteiger charge is 2.20. The molecule has 1 aromatic carbocycles. The van der Waals surface area contributed by atoms with Gasteiger partial charge in [-0.15, -0.1) is 0 Å². The van der Waals surface area contributed by atoms with Crippen LogP contribution in [0.5, 0.6) is 0 Å². The van der Waals surface area contributed by atoms with Crippen molar-refractivity contribution < 1.29 is 19.1 Å². The Kier molecular flexibility index (Phi) is 7.35. The van der Waals surface area contributed by atoms with Crippen molar-refractivity contribution in [3.8, 4) is 0 Å². The van der Waals surface area contributed by atoms with E-state index in [0.717, 1.165) is 30.9 Å². The van der Waals surface area contributed by atoms with Crippen molar-refractivity contribution in [2.45, 2.75) is 51.2 Å². The number of aryl methyl sites for hydroxylation is 1. The van der Waals surface area contributed by atoms with Crippen LogP contribution in [-0.2, 0) is 22.6 Å². The molecule has 0 saturated heterocycles. The number of hydrogen-bond acceptors (Lipinski definition) is 5. The molecule has 0 radical (unpaired) electrons. The summed E-state index contributed by atoms with van der Waals surface area (Å²) < 4.78 is 13.5.